The molecule has 0 spiro atoms. The van der Waals surface area contributed by atoms with Crippen molar-refractivity contribution in [3.8, 4) is 33.4 Å². The summed E-state index contributed by atoms with van der Waals surface area (Å²) in [5.41, 5.74) is 19.5. The molecule has 80 heavy (non-hydrogen) atoms. The van der Waals surface area contributed by atoms with Gasteiger partial charge in [-0.25, -0.2) is 9.59 Å². The first-order valence-electron chi connectivity index (χ1n) is 29.4. The first-order chi connectivity index (χ1) is 38.6. The van der Waals surface area contributed by atoms with Gasteiger partial charge in [0.15, 0.2) is 0 Å². The molecule has 0 atom stereocenters. The Morgan fingerprint density at radius 3 is 1.18 bits per heavy atom. The van der Waals surface area contributed by atoms with Crippen LogP contribution in [0.25, 0.3) is 33.4 Å². The zero-order valence-electron chi connectivity index (χ0n) is 48.1. The Labute approximate surface area is 489 Å². The van der Waals surface area contributed by atoms with Crippen LogP contribution in [0.2, 0.25) is 0 Å². The Morgan fingerprint density at radius 2 is 0.738 bits per heavy atom. The standard InChI is InChI=1S/C73H80N2O4.V/c1-7-11-13-15-17-19-47-73(48-20-18-16-14-12-8-2)69-49-54(6)29-45-67(69)68-46-36-58(52-70(68)73)57-34-43-64(44-35-57)75(66-26-22-24-60(51-66)72(77)79-10-4)63-41-32-56(33-42-63)55-30-39-62(40-31-55)74(61-37-27-53(5)28-38-61)65-25-21-23-59(50-65)71(76)78-9-3;/h21-46,49-52H,7-20,47-48H2,1-6H3;. The van der Waals surface area contributed by atoms with Crippen LogP contribution in [0.3, 0.4) is 0 Å². The summed E-state index contributed by atoms with van der Waals surface area (Å²) in [6.07, 6.45) is 17.9. The summed E-state index contributed by atoms with van der Waals surface area (Å²) in [5.74, 6) is -0.686. The third kappa shape index (κ3) is 13.7. The number of unbranched alkanes of at least 4 members (excludes halogenated alkanes) is 10. The molecule has 8 aromatic rings. The number of rotatable bonds is 26. The number of aryl methyl sites for hydroxylation is 2. The van der Waals surface area contributed by atoms with Crippen LogP contribution in [-0.4, -0.2) is 25.2 Å². The summed E-state index contributed by atoms with van der Waals surface area (Å²) in [7, 11) is 0. The van der Waals surface area contributed by atoms with Gasteiger partial charge in [0, 0.05) is 58.1 Å². The maximum absolute atomic E-state index is 13.2. The second-order valence-electron chi connectivity index (χ2n) is 21.6. The first-order valence-corrected chi connectivity index (χ1v) is 29.4. The SMILES string of the molecule is CCCCCCCCC1(CCCCCCCC)c2cc(C)ccc2-c2ccc(-c3ccc(N(c4ccc(-c5ccc(N(c6ccc(C)cc6)c6cccc(C(=O)OCC)c6)cc5)cc4)c4cccc(C(=O)OCC)c4)cc3)cc21.[V]. The molecule has 9 rings (SSSR count). The van der Waals surface area contributed by atoms with E-state index in [1.807, 2.05) is 50.2 Å². The van der Waals surface area contributed by atoms with E-state index in [0.717, 1.165) is 45.3 Å². The molecule has 0 saturated carbocycles. The molecule has 7 heteroatoms. The average Bonchev–Trinajstić information content (AvgIpc) is 4.01. The molecule has 0 aromatic heterocycles. The predicted molar refractivity (Wildman–Crippen MR) is 330 cm³/mol. The number of ether oxygens (including phenoxy) is 2. The van der Waals surface area contributed by atoms with Crippen LogP contribution < -0.4 is 9.80 Å². The molecule has 0 bridgehead atoms. The number of anilines is 6. The van der Waals surface area contributed by atoms with E-state index in [-0.39, 0.29) is 35.9 Å². The maximum atomic E-state index is 13.2. The van der Waals surface area contributed by atoms with Gasteiger partial charge in [0.05, 0.1) is 24.3 Å². The average molecular weight is 1100 g/mol. The zero-order valence-corrected chi connectivity index (χ0v) is 49.5. The molecule has 0 fully saturated rings. The molecular weight excluding hydrogens is 1020 g/mol. The number of carbonyl (C=O) groups excluding carboxylic acids is 2. The molecule has 0 amide bonds. The Kier molecular flexibility index (Phi) is 20.9. The van der Waals surface area contributed by atoms with Crippen molar-refractivity contribution in [3.63, 3.8) is 0 Å². The number of carbonyl (C=O) groups is 2. The van der Waals surface area contributed by atoms with Gasteiger partial charge in [0.25, 0.3) is 0 Å². The van der Waals surface area contributed by atoms with Crippen LogP contribution in [0, 0.1) is 13.8 Å². The predicted octanol–water partition coefficient (Wildman–Crippen LogP) is 20.7. The van der Waals surface area contributed by atoms with Crippen molar-refractivity contribution in [2.75, 3.05) is 23.0 Å². The topological polar surface area (TPSA) is 59.1 Å². The van der Waals surface area contributed by atoms with Crippen LogP contribution in [-0.2, 0) is 33.4 Å². The van der Waals surface area contributed by atoms with Crippen molar-refractivity contribution in [1.82, 2.24) is 0 Å². The molecule has 6 nitrogen and oxygen atoms in total. The van der Waals surface area contributed by atoms with E-state index in [1.165, 1.54) is 129 Å². The molecule has 1 aliphatic carbocycles. The molecule has 0 N–H and O–H groups in total. The molecule has 0 aliphatic heterocycles. The van der Waals surface area contributed by atoms with E-state index in [9.17, 15) is 9.59 Å². The van der Waals surface area contributed by atoms with E-state index in [0.29, 0.717) is 24.3 Å². The summed E-state index contributed by atoms with van der Waals surface area (Å²) in [6.45, 7) is 13.2. The molecule has 1 radical (unpaired) electrons. The Hall–Kier alpha value is -7.12. The quantitative estimate of drug-likeness (QED) is 0.0398. The van der Waals surface area contributed by atoms with E-state index in [1.54, 1.807) is 11.6 Å². The molecule has 411 valence electrons. The van der Waals surface area contributed by atoms with Crippen molar-refractivity contribution < 1.29 is 37.6 Å². The third-order valence-electron chi connectivity index (χ3n) is 16.0. The monoisotopic (exact) mass is 1100 g/mol. The van der Waals surface area contributed by atoms with Crippen molar-refractivity contribution in [2.45, 2.75) is 137 Å². The Bertz CT molecular complexity index is 3280. The molecule has 0 heterocycles. The summed E-state index contributed by atoms with van der Waals surface area (Å²) in [5, 5.41) is 0. The smallest absolute Gasteiger partial charge is 0.338 e. The van der Waals surface area contributed by atoms with Gasteiger partial charge >= 0.3 is 11.9 Å². The fraction of sp³-hybridized carbons (Fsp3) is 0.315. The summed E-state index contributed by atoms with van der Waals surface area (Å²) in [6, 6.07) is 64.4. The van der Waals surface area contributed by atoms with Gasteiger partial charge in [-0.1, -0.05) is 193 Å². The number of esters is 2. The van der Waals surface area contributed by atoms with Gasteiger partial charge in [-0.3, -0.25) is 0 Å². The van der Waals surface area contributed by atoms with Gasteiger partial charge in [-0.05, 0) is 176 Å². The molecular formula is C73H80N2O4V. The minimum atomic E-state index is -0.343. The summed E-state index contributed by atoms with van der Waals surface area (Å²) in [4.78, 5) is 30.4. The van der Waals surface area contributed by atoms with Gasteiger partial charge in [-0.15, -0.1) is 0 Å². The van der Waals surface area contributed by atoms with Crippen molar-refractivity contribution in [3.05, 3.63) is 215 Å². The fourth-order valence-electron chi connectivity index (χ4n) is 11.8. The summed E-state index contributed by atoms with van der Waals surface area (Å²) >= 11 is 0. The van der Waals surface area contributed by atoms with Crippen LogP contribution in [0.15, 0.2) is 182 Å². The minimum absolute atomic E-state index is 0. The largest absolute Gasteiger partial charge is 0.462 e. The second-order valence-corrected chi connectivity index (χ2v) is 21.6. The normalized spacial score (nSPS) is 12.0. The third-order valence-corrected chi connectivity index (χ3v) is 16.0. The number of benzene rings is 8. The van der Waals surface area contributed by atoms with Gasteiger partial charge in [0.1, 0.15) is 0 Å². The van der Waals surface area contributed by atoms with Crippen LogP contribution in [0.1, 0.15) is 161 Å². The number of hydrogen-bond donors (Lipinski definition) is 0. The first kappa shape index (κ1) is 59.0. The Morgan fingerprint density at radius 1 is 0.375 bits per heavy atom. The molecule has 0 unspecified atom stereocenters. The Balaban J connectivity index is 0.00000841. The number of nitrogens with zero attached hydrogens (tertiary/aromatic N) is 2. The van der Waals surface area contributed by atoms with Crippen LogP contribution >= 0.6 is 0 Å². The molecule has 0 saturated heterocycles. The van der Waals surface area contributed by atoms with E-state index < -0.39 is 0 Å². The van der Waals surface area contributed by atoms with Crippen molar-refractivity contribution >= 4 is 46.1 Å². The van der Waals surface area contributed by atoms with Gasteiger partial charge in [-0.2, -0.15) is 0 Å². The van der Waals surface area contributed by atoms with Crippen LogP contribution in [0.5, 0.6) is 0 Å². The molecule has 1 aliphatic rings. The molecule has 8 aromatic carbocycles. The fourth-order valence-corrected chi connectivity index (χ4v) is 11.8. The maximum Gasteiger partial charge on any atom is 0.338 e. The van der Waals surface area contributed by atoms with E-state index in [4.69, 9.17) is 9.47 Å². The minimum Gasteiger partial charge on any atom is -0.462 e. The van der Waals surface area contributed by atoms with E-state index in [2.05, 4.69) is 177 Å². The van der Waals surface area contributed by atoms with Gasteiger partial charge in [0.2, 0.25) is 0 Å². The number of hydrogen-bond acceptors (Lipinski definition) is 6. The number of fused-ring (bicyclic) bond motifs is 3. The van der Waals surface area contributed by atoms with Crippen molar-refractivity contribution in [1.29, 1.82) is 0 Å². The zero-order chi connectivity index (χ0) is 55.1. The van der Waals surface area contributed by atoms with Crippen molar-refractivity contribution in [2.24, 2.45) is 0 Å². The summed E-state index contributed by atoms with van der Waals surface area (Å²) < 4.78 is 10.8. The second kappa shape index (κ2) is 28.3. The van der Waals surface area contributed by atoms with Gasteiger partial charge < -0.3 is 19.3 Å². The van der Waals surface area contributed by atoms with E-state index >= 15 is 0 Å². The van der Waals surface area contributed by atoms with Crippen LogP contribution in [0.4, 0.5) is 34.1 Å².